The molecule has 138 valence electrons. The number of hydrogen-bond donors (Lipinski definition) is 0. The van der Waals surface area contributed by atoms with E-state index in [4.69, 9.17) is 5.26 Å². The fourth-order valence-corrected chi connectivity index (χ4v) is 4.43. The normalized spacial score (nSPS) is 29.9. The maximum Gasteiger partial charge on any atom is 0.159 e. The molecule has 0 saturated heterocycles. The second-order valence-corrected chi connectivity index (χ2v) is 7.83. The van der Waals surface area contributed by atoms with Gasteiger partial charge < -0.3 is 0 Å². The first-order chi connectivity index (χ1) is 12.7. The van der Waals surface area contributed by atoms with E-state index in [9.17, 15) is 8.78 Å². The molecule has 3 heteroatoms. The molecule has 1 nitrogen and oxygen atoms in total. The molecular formula is C23H27F2N. The molecule has 2 fully saturated rings. The summed E-state index contributed by atoms with van der Waals surface area (Å²) < 4.78 is 26.5. The van der Waals surface area contributed by atoms with Crippen molar-refractivity contribution < 1.29 is 8.78 Å². The number of allylic oxidation sites excluding steroid dienone is 4. The predicted octanol–water partition coefficient (Wildman–Crippen LogP) is 6.68. The van der Waals surface area contributed by atoms with E-state index in [1.54, 1.807) is 12.1 Å². The van der Waals surface area contributed by atoms with Gasteiger partial charge in [-0.25, -0.2) is 8.78 Å². The maximum absolute atomic E-state index is 13.4. The second-order valence-electron chi connectivity index (χ2n) is 7.83. The van der Waals surface area contributed by atoms with Crippen LogP contribution >= 0.6 is 0 Å². The van der Waals surface area contributed by atoms with E-state index in [1.807, 2.05) is 0 Å². The molecule has 0 N–H and O–H groups in total. The van der Waals surface area contributed by atoms with Gasteiger partial charge in [0.15, 0.2) is 11.6 Å². The van der Waals surface area contributed by atoms with E-state index in [2.05, 4.69) is 24.3 Å². The Labute approximate surface area is 155 Å². The van der Waals surface area contributed by atoms with Crippen molar-refractivity contribution in [3.05, 3.63) is 59.7 Å². The van der Waals surface area contributed by atoms with E-state index in [0.29, 0.717) is 23.7 Å². The molecule has 1 aromatic carbocycles. The number of nitriles is 1. The third kappa shape index (κ3) is 5.04. The van der Waals surface area contributed by atoms with Crippen molar-refractivity contribution in [2.75, 3.05) is 0 Å². The Kier molecular flexibility index (Phi) is 6.61. The minimum atomic E-state index is -0.761. The molecule has 26 heavy (non-hydrogen) atoms. The fraction of sp³-hybridized carbons (Fsp3) is 0.522. The van der Waals surface area contributed by atoms with Gasteiger partial charge in [-0.05, 0) is 92.7 Å². The first kappa shape index (κ1) is 18.8. The molecule has 0 atom stereocenters. The van der Waals surface area contributed by atoms with Crippen molar-refractivity contribution in [2.45, 2.75) is 57.3 Å². The summed E-state index contributed by atoms with van der Waals surface area (Å²) in [5.74, 6) is 0.731. The smallest absolute Gasteiger partial charge is 0.159 e. The van der Waals surface area contributed by atoms with Gasteiger partial charge in [0, 0.05) is 6.08 Å². The summed E-state index contributed by atoms with van der Waals surface area (Å²) in [5.41, 5.74) is 0.940. The molecule has 0 aliphatic heterocycles. The quantitative estimate of drug-likeness (QED) is 0.436. The summed E-state index contributed by atoms with van der Waals surface area (Å²) in [5, 5.41) is 8.61. The zero-order chi connectivity index (χ0) is 18.4. The Balaban J connectivity index is 1.44. The Bertz CT molecular complexity index is 685. The van der Waals surface area contributed by atoms with Crippen LogP contribution in [-0.4, -0.2) is 0 Å². The molecular weight excluding hydrogens is 328 g/mol. The Hall–Kier alpha value is -1.95. The van der Waals surface area contributed by atoms with Crippen LogP contribution in [0.1, 0.15) is 62.8 Å². The average Bonchev–Trinajstić information content (AvgIpc) is 2.68. The monoisotopic (exact) mass is 355 g/mol. The molecule has 3 rings (SSSR count). The maximum atomic E-state index is 13.4. The van der Waals surface area contributed by atoms with E-state index in [0.717, 1.165) is 31.2 Å². The number of hydrogen-bond acceptors (Lipinski definition) is 1. The van der Waals surface area contributed by atoms with Crippen LogP contribution in [0.5, 0.6) is 0 Å². The molecule has 2 aliphatic carbocycles. The highest BCUT2D eigenvalue weighted by atomic mass is 19.2. The van der Waals surface area contributed by atoms with Gasteiger partial charge in [0.1, 0.15) is 0 Å². The second kappa shape index (κ2) is 9.12. The fourth-order valence-electron chi connectivity index (χ4n) is 4.43. The van der Waals surface area contributed by atoms with Crippen LogP contribution in [0.25, 0.3) is 0 Å². The number of benzene rings is 1. The van der Waals surface area contributed by atoms with E-state index < -0.39 is 11.6 Å². The van der Waals surface area contributed by atoms with Crippen molar-refractivity contribution >= 4 is 0 Å². The van der Waals surface area contributed by atoms with Crippen LogP contribution in [0.15, 0.2) is 42.5 Å². The zero-order valence-corrected chi connectivity index (χ0v) is 15.2. The number of rotatable bonds is 4. The van der Waals surface area contributed by atoms with Gasteiger partial charge in [-0.2, -0.15) is 5.26 Å². The zero-order valence-electron chi connectivity index (χ0n) is 15.2. The molecule has 0 bridgehead atoms. The van der Waals surface area contributed by atoms with Crippen molar-refractivity contribution in [2.24, 2.45) is 17.8 Å². The summed E-state index contributed by atoms with van der Waals surface area (Å²) in [7, 11) is 0. The van der Waals surface area contributed by atoms with Gasteiger partial charge in [-0.15, -0.1) is 0 Å². The third-order valence-corrected chi connectivity index (χ3v) is 6.10. The Morgan fingerprint density at radius 1 is 0.769 bits per heavy atom. The topological polar surface area (TPSA) is 23.8 Å². The minimum absolute atomic E-state index is 0.358. The summed E-state index contributed by atoms with van der Waals surface area (Å²) >= 11 is 0. The minimum Gasteiger partial charge on any atom is -0.204 e. The highest BCUT2D eigenvalue weighted by molar-refractivity contribution is 5.22. The molecule has 0 spiro atoms. The summed E-state index contributed by atoms with van der Waals surface area (Å²) in [4.78, 5) is 0. The molecule has 0 amide bonds. The average molecular weight is 355 g/mol. The molecule has 0 aromatic heterocycles. The molecule has 0 heterocycles. The van der Waals surface area contributed by atoms with E-state index in [-0.39, 0.29) is 0 Å². The van der Waals surface area contributed by atoms with Gasteiger partial charge in [0.2, 0.25) is 0 Å². The van der Waals surface area contributed by atoms with Crippen LogP contribution in [0, 0.1) is 40.7 Å². The van der Waals surface area contributed by atoms with Gasteiger partial charge in [-0.1, -0.05) is 24.3 Å². The first-order valence-corrected chi connectivity index (χ1v) is 9.85. The standard InChI is InChI=1S/C23H27F2N/c24-22-14-13-21(16-23(22)25)20-11-9-19(10-12-20)8-7-18-5-3-17(4-6-18)2-1-15-26/h1-2,7-8,13-14,16-20H,3-6,9-12H2/b2-1?,8-7+. The molecule has 0 radical (unpaired) electrons. The van der Waals surface area contributed by atoms with Crippen molar-refractivity contribution in [1.82, 2.24) is 0 Å². The lowest BCUT2D eigenvalue weighted by Gasteiger charge is -2.28. The lowest BCUT2D eigenvalue weighted by molar-refractivity contribution is 0.348. The lowest BCUT2D eigenvalue weighted by Crippen LogP contribution is -2.14. The van der Waals surface area contributed by atoms with E-state index in [1.165, 1.54) is 37.8 Å². The first-order valence-electron chi connectivity index (χ1n) is 9.85. The SMILES string of the molecule is N#CC=CC1CCC(/C=C/C2CCC(c3ccc(F)c(F)c3)CC2)CC1. The van der Waals surface area contributed by atoms with Crippen LogP contribution in [0.4, 0.5) is 8.78 Å². The van der Waals surface area contributed by atoms with Crippen molar-refractivity contribution in [1.29, 1.82) is 5.26 Å². The Morgan fingerprint density at radius 3 is 1.85 bits per heavy atom. The summed E-state index contributed by atoms with van der Waals surface area (Å²) in [6.45, 7) is 0. The van der Waals surface area contributed by atoms with Crippen LogP contribution in [-0.2, 0) is 0 Å². The van der Waals surface area contributed by atoms with Crippen molar-refractivity contribution in [3.8, 4) is 6.07 Å². The van der Waals surface area contributed by atoms with Crippen LogP contribution in [0.2, 0.25) is 0 Å². The van der Waals surface area contributed by atoms with Gasteiger partial charge in [0.25, 0.3) is 0 Å². The highest BCUT2D eigenvalue weighted by Gasteiger charge is 2.23. The third-order valence-electron chi connectivity index (χ3n) is 6.10. The Morgan fingerprint density at radius 2 is 1.31 bits per heavy atom. The largest absolute Gasteiger partial charge is 0.204 e. The van der Waals surface area contributed by atoms with Gasteiger partial charge in [0.05, 0.1) is 6.07 Å². The molecule has 0 unspecified atom stereocenters. The van der Waals surface area contributed by atoms with E-state index >= 15 is 0 Å². The number of nitrogens with zero attached hydrogens (tertiary/aromatic N) is 1. The van der Waals surface area contributed by atoms with Crippen LogP contribution < -0.4 is 0 Å². The highest BCUT2D eigenvalue weighted by Crippen LogP contribution is 2.37. The van der Waals surface area contributed by atoms with Gasteiger partial charge in [-0.3, -0.25) is 0 Å². The predicted molar refractivity (Wildman–Crippen MR) is 100 cm³/mol. The molecule has 2 aliphatic rings. The molecule has 2 saturated carbocycles. The summed E-state index contributed by atoms with van der Waals surface area (Å²) in [6.07, 6.45) is 17.6. The van der Waals surface area contributed by atoms with Gasteiger partial charge >= 0.3 is 0 Å². The molecule has 1 aromatic rings. The summed E-state index contributed by atoms with van der Waals surface area (Å²) in [6, 6.07) is 6.44. The number of halogens is 2. The lowest BCUT2D eigenvalue weighted by atomic mass is 9.77. The van der Waals surface area contributed by atoms with Crippen LogP contribution in [0.3, 0.4) is 0 Å². The van der Waals surface area contributed by atoms with Crippen molar-refractivity contribution in [3.63, 3.8) is 0 Å².